The molecule has 0 fully saturated rings. The number of fused-ring (bicyclic) bond motifs is 1. The van der Waals surface area contributed by atoms with Gasteiger partial charge in [-0.1, -0.05) is 101 Å². The lowest BCUT2D eigenvalue weighted by Gasteiger charge is -2.14. The summed E-state index contributed by atoms with van der Waals surface area (Å²) in [6.07, 6.45) is 5.79. The zero-order valence-electron chi connectivity index (χ0n) is 51.7. The van der Waals surface area contributed by atoms with Gasteiger partial charge in [0.2, 0.25) is 0 Å². The lowest BCUT2D eigenvalue weighted by Crippen LogP contribution is -2.21. The van der Waals surface area contributed by atoms with E-state index in [1.807, 2.05) is 53.7 Å². The Morgan fingerprint density at radius 3 is 1.87 bits per heavy atom. The molecule has 0 atom stereocenters. The van der Waals surface area contributed by atoms with E-state index in [9.17, 15) is 14.4 Å². The molecule has 0 aliphatic rings. The molecule has 0 aliphatic heterocycles. The molecular formula is C52H56N10O5. The van der Waals surface area contributed by atoms with E-state index < -0.39 is 96.1 Å². The molecule has 4 aromatic heterocycles. The Kier molecular flexibility index (Phi) is 9.56. The smallest absolute Gasteiger partial charge is 0.332 e. The third-order valence-electron chi connectivity index (χ3n) is 9.65. The Balaban J connectivity index is 0.000000261. The van der Waals surface area contributed by atoms with Crippen molar-refractivity contribution in [2.75, 3.05) is 29.7 Å². The number of anilines is 3. The molecule has 3 N–H and O–H groups in total. The molecule has 3 amide bonds. The van der Waals surface area contributed by atoms with Gasteiger partial charge in [-0.2, -0.15) is 10.2 Å². The van der Waals surface area contributed by atoms with Gasteiger partial charge in [0.05, 0.1) is 51.5 Å². The zero-order chi connectivity index (χ0) is 59.8. The number of nitrogens with zero attached hydrogens (tertiary/aromatic N) is 7. The molecule has 0 unspecified atom stereocenters. The fourth-order valence-electron chi connectivity index (χ4n) is 6.29. The first-order chi connectivity index (χ1) is 37.7. The van der Waals surface area contributed by atoms with Crippen molar-refractivity contribution in [1.82, 2.24) is 34.1 Å². The van der Waals surface area contributed by atoms with E-state index in [1.54, 1.807) is 54.7 Å². The van der Waals surface area contributed by atoms with Gasteiger partial charge >= 0.3 is 12.1 Å². The summed E-state index contributed by atoms with van der Waals surface area (Å²) in [5.41, 5.74) is -1.01. The summed E-state index contributed by atoms with van der Waals surface area (Å²) in [6, 6.07) is 10.6. The number of benzene rings is 4. The number of ketones is 1. The van der Waals surface area contributed by atoms with Crippen LogP contribution in [0.4, 0.5) is 26.9 Å². The quantitative estimate of drug-likeness (QED) is 0.114. The van der Waals surface area contributed by atoms with Crippen LogP contribution in [0.3, 0.4) is 0 Å². The summed E-state index contributed by atoms with van der Waals surface area (Å²) < 4.78 is 127. The summed E-state index contributed by atoms with van der Waals surface area (Å²) >= 11 is 0. The lowest BCUT2D eigenvalue weighted by molar-refractivity contribution is -0.122. The highest BCUT2D eigenvalue weighted by molar-refractivity contribution is 6.07. The van der Waals surface area contributed by atoms with E-state index in [0.717, 1.165) is 9.36 Å². The highest BCUT2D eigenvalue weighted by Crippen LogP contribution is 2.35. The molecule has 0 radical (unpaired) electrons. The molecule has 0 aliphatic carbocycles. The molecular weight excluding hydrogens is 845 g/mol. The minimum absolute atomic E-state index is 0.0198. The first kappa shape index (κ1) is 31.9. The number of urea groups is 1. The van der Waals surface area contributed by atoms with Gasteiger partial charge in [-0.25, -0.2) is 23.9 Å². The molecule has 15 nitrogen and oxygen atoms in total. The van der Waals surface area contributed by atoms with Crippen molar-refractivity contribution >= 4 is 45.9 Å². The first-order valence-electron chi connectivity index (χ1n) is 27.7. The Hall–Kier alpha value is -7.91. The third kappa shape index (κ3) is 11.9. The van der Waals surface area contributed by atoms with Crippen LogP contribution < -0.4 is 20.7 Å². The van der Waals surface area contributed by atoms with Gasteiger partial charge < -0.3 is 14.8 Å². The van der Waals surface area contributed by atoms with Crippen molar-refractivity contribution in [2.24, 2.45) is 0 Å². The van der Waals surface area contributed by atoms with Gasteiger partial charge in [-0.3, -0.25) is 25.0 Å². The summed E-state index contributed by atoms with van der Waals surface area (Å²) in [6.45, 7) is 5.55. The Morgan fingerprint density at radius 1 is 0.716 bits per heavy atom. The van der Waals surface area contributed by atoms with Crippen molar-refractivity contribution in [3.8, 4) is 22.9 Å². The zero-order valence-corrected chi connectivity index (χ0v) is 37.7. The van der Waals surface area contributed by atoms with Gasteiger partial charge in [0.1, 0.15) is 36.1 Å². The van der Waals surface area contributed by atoms with E-state index in [-0.39, 0.29) is 41.8 Å². The maximum absolute atomic E-state index is 13.5. The SMILES string of the molecule is [2H]c1c([2H])c(C([2H])([2H])[2H])c([2H])c([2H])c1-n1nc(C(C)(C)C)cc1NC(=O)Nc1ccc(Oc2ccnc(CC(=O)COC)c2)c2ccccc12.[2H]c1c([2H])c(C([2H])([2H])[2H])c([2H])c([2H])c1-n1nc(C(C)(C)C)cc1NC(=O)n1ccnc1. The van der Waals surface area contributed by atoms with Crippen LogP contribution in [0.1, 0.15) is 88.9 Å². The van der Waals surface area contributed by atoms with Crippen LogP contribution in [0.25, 0.3) is 22.1 Å². The van der Waals surface area contributed by atoms with E-state index in [0.29, 0.717) is 45.0 Å². The van der Waals surface area contributed by atoms with E-state index >= 15 is 0 Å². The Bertz CT molecular complexity index is 3660. The number of amides is 3. The second kappa shape index (κ2) is 20.1. The van der Waals surface area contributed by atoms with Crippen molar-refractivity contribution in [2.45, 2.75) is 72.5 Å². The summed E-state index contributed by atoms with van der Waals surface area (Å²) in [7, 11) is 1.45. The van der Waals surface area contributed by atoms with Gasteiger partial charge in [0.25, 0.3) is 0 Å². The number of carbonyl (C=O) groups is 3. The van der Waals surface area contributed by atoms with Gasteiger partial charge in [0.15, 0.2) is 5.78 Å². The molecule has 67 heavy (non-hydrogen) atoms. The van der Waals surface area contributed by atoms with Crippen molar-refractivity contribution in [3.05, 3.63) is 162 Å². The highest BCUT2D eigenvalue weighted by atomic mass is 16.5. The average Bonchev–Trinajstić information content (AvgIpc) is 4.40. The van der Waals surface area contributed by atoms with Crippen molar-refractivity contribution in [3.63, 3.8) is 0 Å². The van der Waals surface area contributed by atoms with Crippen molar-refractivity contribution < 1.29 is 43.0 Å². The maximum atomic E-state index is 13.5. The predicted octanol–water partition coefficient (Wildman–Crippen LogP) is 11.0. The number of hydrogen-bond donors (Lipinski definition) is 3. The second-order valence-corrected chi connectivity index (χ2v) is 17.0. The lowest BCUT2D eigenvalue weighted by atomic mass is 9.92. The maximum Gasteiger partial charge on any atom is 0.332 e. The summed E-state index contributed by atoms with van der Waals surface area (Å²) in [5.74, 6) is 0.974. The van der Waals surface area contributed by atoms with E-state index in [2.05, 4.69) is 36.1 Å². The van der Waals surface area contributed by atoms with Crippen LogP contribution in [-0.2, 0) is 26.8 Å². The summed E-state index contributed by atoms with van der Waals surface area (Å²) in [4.78, 5) is 46.1. The van der Waals surface area contributed by atoms with Crippen LogP contribution in [0.2, 0.25) is 0 Å². The topological polar surface area (TPSA) is 172 Å². The molecule has 0 saturated carbocycles. The second-order valence-electron chi connectivity index (χ2n) is 17.0. The Labute approximate surface area is 409 Å². The highest BCUT2D eigenvalue weighted by Gasteiger charge is 2.23. The van der Waals surface area contributed by atoms with Crippen LogP contribution in [0.15, 0.2) is 134 Å². The number of carbonyl (C=O) groups excluding carboxylic acids is 3. The molecule has 0 spiro atoms. The molecule has 4 heterocycles. The molecule has 8 aromatic rings. The van der Waals surface area contributed by atoms with Gasteiger partial charge in [0, 0.05) is 73.7 Å². The number of aromatic nitrogens is 7. The average molecular weight is 915 g/mol. The monoisotopic (exact) mass is 915 g/mol. The number of hydrogen-bond acceptors (Lipinski definition) is 9. The number of methoxy groups -OCH3 is 1. The number of imidazole rings is 1. The van der Waals surface area contributed by atoms with E-state index in [4.69, 9.17) is 28.7 Å². The first-order valence-corrected chi connectivity index (χ1v) is 20.7. The molecule has 344 valence electrons. The molecule has 15 heteroatoms. The minimum Gasteiger partial charge on any atom is -0.457 e. The fraction of sp³-hybridized carbons (Fsp3) is 0.250. The number of rotatable bonds is 11. The number of pyridine rings is 1. The third-order valence-corrected chi connectivity index (χ3v) is 9.65. The molecule has 4 aromatic carbocycles. The number of ether oxygens (including phenoxy) is 2. The van der Waals surface area contributed by atoms with Gasteiger partial charge in [-0.05, 0) is 56.1 Å². The fourth-order valence-corrected chi connectivity index (χ4v) is 6.29. The largest absolute Gasteiger partial charge is 0.457 e. The van der Waals surface area contributed by atoms with Gasteiger partial charge in [-0.15, -0.1) is 0 Å². The van der Waals surface area contributed by atoms with Crippen molar-refractivity contribution in [1.29, 1.82) is 0 Å². The van der Waals surface area contributed by atoms with E-state index in [1.165, 1.54) is 30.4 Å². The minimum atomic E-state index is -2.88. The molecule has 8 rings (SSSR count). The van der Waals surface area contributed by atoms with Crippen LogP contribution in [0, 0.1) is 13.7 Å². The standard InChI is InChI=1S/C34H35N5O4.C18H21N5O/c1-22-10-12-24(13-11-22)39-32(20-31(38-39)34(2,3)4)37-33(41)36-29-14-15-30(28-9-7-6-8-27(28)29)43-26-16-17-35-23(19-26)18-25(40)21-42-5;1-13-5-7-14(8-6-13)23-16(11-15(21-23)18(2,3)4)20-17(24)22-10-9-19-12-22/h6-17,19-20H,18,21H2,1-5H3,(H2,36,37,41);5-12H,1-4H3,(H,20,24)/i1D3,10D,11D,12D,13D;1D3,5D,6D,7D,8D. The number of Topliss-reactive ketones (excluding diaryl/α,β-unsaturated/α-hetero) is 1. The normalized spacial score (nSPS) is 14.8. The molecule has 0 bridgehead atoms. The Morgan fingerprint density at radius 2 is 1.31 bits per heavy atom. The van der Waals surface area contributed by atoms with Crippen LogP contribution in [0.5, 0.6) is 11.5 Å². The van der Waals surface area contributed by atoms with Crippen LogP contribution in [-0.4, -0.2) is 65.7 Å². The molecule has 0 saturated heterocycles. The number of nitrogens with one attached hydrogen (secondary N) is 3. The van der Waals surface area contributed by atoms with Crippen LogP contribution >= 0.6 is 0 Å². The predicted molar refractivity (Wildman–Crippen MR) is 262 cm³/mol. The summed E-state index contributed by atoms with van der Waals surface area (Å²) in [5, 5.41) is 18.4.